The molecule has 6 heteroatoms. The van der Waals surface area contributed by atoms with E-state index in [1.165, 1.54) is 10.4 Å². The van der Waals surface area contributed by atoms with Crippen LogP contribution < -0.4 is 10.4 Å². The van der Waals surface area contributed by atoms with Crippen LogP contribution in [0.3, 0.4) is 0 Å². The fraction of sp³-hybridized carbons (Fsp3) is 0.649. The summed E-state index contributed by atoms with van der Waals surface area (Å²) in [6, 6.07) is 21.5. The fourth-order valence-electron chi connectivity index (χ4n) is 6.92. The molecule has 1 heterocycles. The average molecular weight is 611 g/mol. The van der Waals surface area contributed by atoms with Gasteiger partial charge in [0.05, 0.1) is 24.2 Å². The van der Waals surface area contributed by atoms with Crippen LogP contribution >= 0.6 is 0 Å². The molecule has 3 rings (SSSR count). The maximum atomic E-state index is 13.9. The molecule has 240 valence electrons. The lowest BCUT2D eigenvalue weighted by Gasteiger charge is -2.45. The highest BCUT2D eigenvalue weighted by atomic mass is 28.4. The van der Waals surface area contributed by atoms with Crippen molar-refractivity contribution in [2.24, 2.45) is 17.3 Å². The van der Waals surface area contributed by atoms with Crippen LogP contribution in [0.1, 0.15) is 101 Å². The van der Waals surface area contributed by atoms with E-state index in [0.717, 1.165) is 19.3 Å². The third-order valence-corrected chi connectivity index (χ3v) is 14.7. The second-order valence-corrected chi connectivity index (χ2v) is 19.0. The van der Waals surface area contributed by atoms with E-state index >= 15 is 0 Å². The number of rotatable bonds is 14. The van der Waals surface area contributed by atoms with Crippen LogP contribution in [0.15, 0.2) is 60.7 Å². The van der Waals surface area contributed by atoms with Gasteiger partial charge in [-0.1, -0.05) is 116 Å². The summed E-state index contributed by atoms with van der Waals surface area (Å²) >= 11 is 0. The number of aliphatic hydroxyl groups is 1. The maximum absolute atomic E-state index is 13.9. The summed E-state index contributed by atoms with van der Waals surface area (Å²) in [5.41, 5.74) is -0.708. The van der Waals surface area contributed by atoms with Crippen molar-refractivity contribution in [2.45, 2.75) is 130 Å². The molecule has 0 bridgehead atoms. The zero-order valence-corrected chi connectivity index (χ0v) is 29.5. The van der Waals surface area contributed by atoms with E-state index in [1.807, 2.05) is 34.6 Å². The number of ether oxygens (including phenoxy) is 2. The van der Waals surface area contributed by atoms with Gasteiger partial charge in [-0.05, 0) is 67.8 Å². The second-order valence-electron chi connectivity index (χ2n) is 14.7. The number of hydrogen-bond acceptors (Lipinski definition) is 5. The van der Waals surface area contributed by atoms with Gasteiger partial charge in [0, 0.05) is 12.0 Å². The topological polar surface area (TPSA) is 65.0 Å². The average Bonchev–Trinajstić information content (AvgIpc) is 2.95. The molecule has 1 aliphatic rings. The smallest absolute Gasteiger partial charge is 0.261 e. The molecule has 0 radical (unpaired) electrons. The van der Waals surface area contributed by atoms with Crippen LogP contribution in [0.2, 0.25) is 5.04 Å². The lowest BCUT2D eigenvalue weighted by molar-refractivity contribution is -0.289. The Hall–Kier alpha value is -1.83. The lowest BCUT2D eigenvalue weighted by Crippen LogP contribution is -2.67. The molecule has 0 amide bonds. The van der Waals surface area contributed by atoms with Gasteiger partial charge in [-0.25, -0.2) is 0 Å². The Balaban J connectivity index is 1.68. The fourth-order valence-corrected chi connectivity index (χ4v) is 11.7. The number of carbonyl (C=O) groups excluding carboxylic acids is 1. The quantitative estimate of drug-likeness (QED) is 0.228. The Morgan fingerprint density at radius 2 is 1.51 bits per heavy atom. The molecule has 5 nitrogen and oxygen atoms in total. The van der Waals surface area contributed by atoms with E-state index in [-0.39, 0.29) is 28.9 Å². The Bertz CT molecular complexity index is 1100. The van der Waals surface area contributed by atoms with Gasteiger partial charge >= 0.3 is 0 Å². The first-order chi connectivity index (χ1) is 20.1. The minimum absolute atomic E-state index is 0.00295. The minimum atomic E-state index is -2.61. The van der Waals surface area contributed by atoms with Gasteiger partial charge in [-0.15, -0.1) is 0 Å². The van der Waals surface area contributed by atoms with Crippen LogP contribution in [0.5, 0.6) is 0 Å². The molecule has 43 heavy (non-hydrogen) atoms. The third-order valence-electron chi connectivity index (χ3n) is 9.53. The van der Waals surface area contributed by atoms with E-state index in [4.69, 9.17) is 13.9 Å². The van der Waals surface area contributed by atoms with Crippen molar-refractivity contribution in [2.75, 3.05) is 6.61 Å². The molecule has 1 fully saturated rings. The molecule has 0 aliphatic carbocycles. The SMILES string of the molecule is CC[C@@H](C(=O)C(C)(C)[C@@H]1CCOC(C)(C)O1)[C@@H](O)[C@@H](C)CCCC(C)O[Si](c1ccccc1)(c1ccccc1)C(C)(C)C. The molecule has 1 N–H and O–H groups in total. The van der Waals surface area contributed by atoms with Gasteiger partial charge in [0.2, 0.25) is 0 Å². The van der Waals surface area contributed by atoms with Gasteiger partial charge in [-0.2, -0.15) is 0 Å². The van der Waals surface area contributed by atoms with Crippen molar-refractivity contribution in [1.82, 2.24) is 0 Å². The summed E-state index contributed by atoms with van der Waals surface area (Å²) in [5.74, 6) is -1.05. The van der Waals surface area contributed by atoms with Crippen LogP contribution in [-0.2, 0) is 18.7 Å². The minimum Gasteiger partial charge on any atom is -0.405 e. The van der Waals surface area contributed by atoms with Gasteiger partial charge in [0.1, 0.15) is 5.78 Å². The number of hydrogen-bond donors (Lipinski definition) is 1. The number of benzene rings is 2. The first-order valence-electron chi connectivity index (χ1n) is 16.4. The monoisotopic (exact) mass is 610 g/mol. The molecule has 0 saturated carbocycles. The van der Waals surface area contributed by atoms with Gasteiger partial charge in [-0.3, -0.25) is 4.79 Å². The highest BCUT2D eigenvalue weighted by molar-refractivity contribution is 6.99. The summed E-state index contributed by atoms with van der Waals surface area (Å²) in [6.07, 6.45) is 3.04. The Labute approximate surface area is 262 Å². The zero-order chi connectivity index (χ0) is 32.1. The summed E-state index contributed by atoms with van der Waals surface area (Å²) in [5, 5.41) is 14.0. The number of aliphatic hydroxyl groups excluding tert-OH is 1. The molecular weight excluding hydrogens is 552 g/mol. The number of ketones is 1. The molecule has 1 saturated heterocycles. The van der Waals surface area contributed by atoms with Gasteiger partial charge in [0.15, 0.2) is 5.79 Å². The van der Waals surface area contributed by atoms with E-state index in [0.29, 0.717) is 19.4 Å². The number of carbonyl (C=O) groups is 1. The van der Waals surface area contributed by atoms with E-state index in [1.54, 1.807) is 0 Å². The van der Waals surface area contributed by atoms with Crippen molar-refractivity contribution < 1.29 is 23.8 Å². The highest BCUT2D eigenvalue weighted by Gasteiger charge is 2.51. The molecule has 5 atom stereocenters. The normalized spacial score (nSPS) is 20.7. The van der Waals surface area contributed by atoms with Gasteiger partial charge < -0.3 is 19.0 Å². The van der Waals surface area contributed by atoms with Crippen LogP contribution in [0.4, 0.5) is 0 Å². The predicted octanol–water partition coefficient (Wildman–Crippen LogP) is 7.28. The largest absolute Gasteiger partial charge is 0.405 e. The Morgan fingerprint density at radius 3 is 1.98 bits per heavy atom. The molecule has 0 aromatic heterocycles. The lowest BCUT2D eigenvalue weighted by atomic mass is 9.71. The summed E-state index contributed by atoms with van der Waals surface area (Å²) in [6.45, 7) is 21.5. The summed E-state index contributed by atoms with van der Waals surface area (Å²) in [4.78, 5) is 13.9. The van der Waals surface area contributed by atoms with Crippen LogP contribution in [0.25, 0.3) is 0 Å². The number of Topliss-reactive ketones (excluding diaryl/α,β-unsaturated/α-hetero) is 1. The first-order valence-corrected chi connectivity index (χ1v) is 18.3. The van der Waals surface area contributed by atoms with E-state index < -0.39 is 31.5 Å². The van der Waals surface area contributed by atoms with Crippen molar-refractivity contribution in [3.8, 4) is 0 Å². The van der Waals surface area contributed by atoms with Crippen molar-refractivity contribution in [3.05, 3.63) is 60.7 Å². The highest BCUT2D eigenvalue weighted by Crippen LogP contribution is 2.40. The summed E-state index contributed by atoms with van der Waals surface area (Å²) in [7, 11) is -2.61. The molecule has 2 aromatic carbocycles. The molecule has 1 aliphatic heterocycles. The van der Waals surface area contributed by atoms with Crippen molar-refractivity contribution in [1.29, 1.82) is 0 Å². The second kappa shape index (κ2) is 14.5. The van der Waals surface area contributed by atoms with Crippen LogP contribution in [0, 0.1) is 17.3 Å². The van der Waals surface area contributed by atoms with Crippen molar-refractivity contribution in [3.63, 3.8) is 0 Å². The maximum Gasteiger partial charge on any atom is 0.261 e. The Morgan fingerprint density at radius 1 is 0.977 bits per heavy atom. The molecule has 0 spiro atoms. The third kappa shape index (κ3) is 8.26. The summed E-state index contributed by atoms with van der Waals surface area (Å²) < 4.78 is 19.1. The van der Waals surface area contributed by atoms with E-state index in [2.05, 4.69) is 95.3 Å². The molecular formula is C37H58O5Si. The predicted molar refractivity (Wildman–Crippen MR) is 179 cm³/mol. The van der Waals surface area contributed by atoms with Gasteiger partial charge in [0.25, 0.3) is 8.32 Å². The first kappa shape index (κ1) is 35.6. The zero-order valence-electron chi connectivity index (χ0n) is 28.5. The molecule has 1 unspecified atom stereocenters. The van der Waals surface area contributed by atoms with Crippen LogP contribution in [-0.4, -0.2) is 49.9 Å². The molecule has 2 aromatic rings. The Kier molecular flexibility index (Phi) is 12.0. The van der Waals surface area contributed by atoms with E-state index in [9.17, 15) is 9.90 Å². The van der Waals surface area contributed by atoms with Crippen molar-refractivity contribution >= 4 is 24.5 Å². The standard InChI is InChI=1S/C37H58O5Si/c1-11-31(34(39)36(7,8)32-25-26-40-37(9,10)41-32)33(38)27(2)19-18-20-28(3)42-43(35(4,5)6,29-21-14-12-15-22-29)30-23-16-13-17-24-30/h12-17,21-24,27-28,31-33,38H,11,18-20,25-26H2,1-10H3/t27-,28?,31+,32-,33-/m0/s1.